The Morgan fingerprint density at radius 1 is 1.58 bits per heavy atom. The molecule has 0 radical (unpaired) electrons. The Balaban J connectivity index is 2.09. The van der Waals surface area contributed by atoms with Gasteiger partial charge in [0.1, 0.15) is 5.82 Å². The molecule has 0 aliphatic carbocycles. The second-order valence-corrected chi connectivity index (χ2v) is 5.88. The van der Waals surface area contributed by atoms with E-state index in [-0.39, 0.29) is 5.91 Å². The van der Waals surface area contributed by atoms with Crippen molar-refractivity contribution < 1.29 is 4.79 Å². The van der Waals surface area contributed by atoms with E-state index >= 15 is 0 Å². The van der Waals surface area contributed by atoms with Crippen LogP contribution in [0.4, 0.5) is 5.82 Å². The summed E-state index contributed by atoms with van der Waals surface area (Å²) in [6.45, 7) is 0.572. The molecule has 2 aromatic rings. The Bertz CT molecular complexity index is 587. The molecule has 2 aromatic heterocycles. The SMILES string of the molecule is CN(Cc1cc(Br)cs1)C(=O)c1ccnc(NN)c1. The van der Waals surface area contributed by atoms with Crippen LogP contribution in [-0.2, 0) is 6.54 Å². The molecule has 100 valence electrons. The van der Waals surface area contributed by atoms with Gasteiger partial charge in [-0.15, -0.1) is 11.3 Å². The van der Waals surface area contributed by atoms with Crippen molar-refractivity contribution in [1.29, 1.82) is 0 Å². The molecule has 0 aliphatic rings. The molecule has 3 N–H and O–H groups in total. The lowest BCUT2D eigenvalue weighted by atomic mass is 10.2. The number of hydrogen-bond acceptors (Lipinski definition) is 5. The Morgan fingerprint density at radius 2 is 2.37 bits per heavy atom. The average molecular weight is 341 g/mol. The van der Waals surface area contributed by atoms with Gasteiger partial charge < -0.3 is 10.3 Å². The number of amides is 1. The number of nitrogens with two attached hydrogens (primary N) is 1. The summed E-state index contributed by atoms with van der Waals surface area (Å²) in [5, 5.41) is 2.00. The lowest BCUT2D eigenvalue weighted by Gasteiger charge is -2.16. The van der Waals surface area contributed by atoms with Crippen molar-refractivity contribution in [2.45, 2.75) is 6.54 Å². The van der Waals surface area contributed by atoms with E-state index in [0.717, 1.165) is 9.35 Å². The molecule has 0 saturated carbocycles. The van der Waals surface area contributed by atoms with E-state index < -0.39 is 0 Å². The summed E-state index contributed by atoms with van der Waals surface area (Å²) >= 11 is 5.01. The zero-order valence-corrected chi connectivity index (χ0v) is 12.7. The van der Waals surface area contributed by atoms with Gasteiger partial charge in [0.2, 0.25) is 0 Å². The van der Waals surface area contributed by atoms with Gasteiger partial charge in [0.05, 0.1) is 6.54 Å². The van der Waals surface area contributed by atoms with Gasteiger partial charge in [-0.1, -0.05) is 0 Å². The highest BCUT2D eigenvalue weighted by Gasteiger charge is 2.13. The lowest BCUT2D eigenvalue weighted by Crippen LogP contribution is -2.26. The molecule has 0 unspecified atom stereocenters. The van der Waals surface area contributed by atoms with Crippen LogP contribution in [0.2, 0.25) is 0 Å². The fourth-order valence-corrected chi connectivity index (χ4v) is 3.11. The Kier molecular flexibility index (Phi) is 4.52. The molecule has 0 aliphatic heterocycles. The van der Waals surface area contributed by atoms with Gasteiger partial charge >= 0.3 is 0 Å². The van der Waals surface area contributed by atoms with E-state index in [9.17, 15) is 4.79 Å². The van der Waals surface area contributed by atoms with E-state index in [1.54, 1.807) is 41.6 Å². The van der Waals surface area contributed by atoms with Crippen molar-refractivity contribution in [2.24, 2.45) is 5.84 Å². The van der Waals surface area contributed by atoms with Crippen LogP contribution in [0.15, 0.2) is 34.2 Å². The summed E-state index contributed by atoms with van der Waals surface area (Å²) in [6.07, 6.45) is 1.55. The van der Waals surface area contributed by atoms with Crippen LogP contribution in [-0.4, -0.2) is 22.8 Å². The minimum Gasteiger partial charge on any atom is -0.337 e. The van der Waals surface area contributed by atoms with Gasteiger partial charge in [0.15, 0.2) is 0 Å². The third-order valence-electron chi connectivity index (χ3n) is 2.52. The molecule has 0 fully saturated rings. The number of nitrogen functional groups attached to an aromatic ring is 1. The van der Waals surface area contributed by atoms with E-state index in [2.05, 4.69) is 26.3 Å². The summed E-state index contributed by atoms with van der Waals surface area (Å²) < 4.78 is 1.03. The van der Waals surface area contributed by atoms with Crippen molar-refractivity contribution in [3.63, 3.8) is 0 Å². The molecule has 19 heavy (non-hydrogen) atoms. The van der Waals surface area contributed by atoms with Gasteiger partial charge in [0, 0.05) is 33.5 Å². The number of pyridine rings is 1. The fraction of sp³-hybridized carbons (Fsp3) is 0.167. The third-order valence-corrected chi connectivity index (χ3v) is 4.20. The first-order valence-corrected chi connectivity index (χ1v) is 7.18. The minimum absolute atomic E-state index is 0.0663. The monoisotopic (exact) mass is 340 g/mol. The first-order valence-electron chi connectivity index (χ1n) is 5.51. The quantitative estimate of drug-likeness (QED) is 0.662. The predicted molar refractivity (Wildman–Crippen MR) is 79.9 cm³/mol. The highest BCUT2D eigenvalue weighted by atomic mass is 79.9. The maximum Gasteiger partial charge on any atom is 0.254 e. The number of thiophene rings is 1. The van der Waals surface area contributed by atoms with Gasteiger partial charge in [0.25, 0.3) is 5.91 Å². The molecule has 0 spiro atoms. The highest BCUT2D eigenvalue weighted by molar-refractivity contribution is 9.10. The highest BCUT2D eigenvalue weighted by Crippen LogP contribution is 2.21. The number of aromatic nitrogens is 1. The Labute approximate surface area is 123 Å². The second-order valence-electron chi connectivity index (χ2n) is 3.97. The van der Waals surface area contributed by atoms with Gasteiger partial charge in [-0.05, 0) is 34.1 Å². The van der Waals surface area contributed by atoms with Crippen molar-refractivity contribution in [1.82, 2.24) is 9.88 Å². The van der Waals surface area contributed by atoms with E-state index in [1.807, 2.05) is 11.4 Å². The number of rotatable bonds is 4. The zero-order chi connectivity index (χ0) is 13.8. The van der Waals surface area contributed by atoms with Gasteiger partial charge in [-0.3, -0.25) is 4.79 Å². The van der Waals surface area contributed by atoms with Crippen molar-refractivity contribution >= 4 is 39.0 Å². The molecule has 0 saturated heterocycles. The van der Waals surface area contributed by atoms with Crippen LogP contribution < -0.4 is 11.3 Å². The number of halogens is 1. The number of hydrazine groups is 1. The summed E-state index contributed by atoms with van der Waals surface area (Å²) in [5.74, 6) is 5.68. The van der Waals surface area contributed by atoms with Crippen LogP contribution in [0.3, 0.4) is 0 Å². The molecule has 0 bridgehead atoms. The summed E-state index contributed by atoms with van der Waals surface area (Å²) in [6, 6.07) is 5.31. The van der Waals surface area contributed by atoms with Crippen LogP contribution >= 0.6 is 27.3 Å². The topological polar surface area (TPSA) is 71.2 Å². The number of nitrogens with zero attached hydrogens (tertiary/aromatic N) is 2. The average Bonchev–Trinajstić information content (AvgIpc) is 2.83. The largest absolute Gasteiger partial charge is 0.337 e. The molecule has 7 heteroatoms. The van der Waals surface area contributed by atoms with Gasteiger partial charge in [-0.2, -0.15) is 0 Å². The molecular formula is C12H13BrN4OS. The number of hydrogen-bond donors (Lipinski definition) is 2. The number of nitrogens with one attached hydrogen (secondary N) is 1. The lowest BCUT2D eigenvalue weighted by molar-refractivity contribution is 0.0786. The minimum atomic E-state index is -0.0663. The summed E-state index contributed by atoms with van der Waals surface area (Å²) in [4.78, 5) is 19.0. The van der Waals surface area contributed by atoms with Crippen LogP contribution in [0.5, 0.6) is 0 Å². The van der Waals surface area contributed by atoms with Gasteiger partial charge in [-0.25, -0.2) is 10.8 Å². The molecule has 0 atom stereocenters. The number of carbonyl (C=O) groups is 1. The predicted octanol–water partition coefficient (Wildman–Crippen LogP) is 2.46. The standard InChI is InChI=1S/C12H13BrN4OS/c1-17(6-10-5-9(13)7-19-10)12(18)8-2-3-15-11(4-8)16-14/h2-5,7H,6,14H2,1H3,(H,15,16). The second kappa shape index (κ2) is 6.14. The van der Waals surface area contributed by atoms with Crippen molar-refractivity contribution in [3.8, 4) is 0 Å². The molecule has 0 aromatic carbocycles. The zero-order valence-electron chi connectivity index (χ0n) is 10.3. The molecule has 2 heterocycles. The number of anilines is 1. The normalized spacial score (nSPS) is 10.3. The van der Waals surface area contributed by atoms with Crippen LogP contribution in [0.1, 0.15) is 15.2 Å². The molecular weight excluding hydrogens is 328 g/mol. The van der Waals surface area contributed by atoms with Crippen molar-refractivity contribution in [3.05, 3.63) is 44.7 Å². The van der Waals surface area contributed by atoms with E-state index in [1.165, 1.54) is 0 Å². The van der Waals surface area contributed by atoms with E-state index in [0.29, 0.717) is 17.9 Å². The van der Waals surface area contributed by atoms with Crippen molar-refractivity contribution in [2.75, 3.05) is 12.5 Å². The first-order chi connectivity index (χ1) is 9.10. The maximum absolute atomic E-state index is 12.2. The van der Waals surface area contributed by atoms with Crippen LogP contribution in [0, 0.1) is 0 Å². The maximum atomic E-state index is 12.2. The third kappa shape index (κ3) is 3.52. The van der Waals surface area contributed by atoms with E-state index in [4.69, 9.17) is 5.84 Å². The molecule has 2 rings (SSSR count). The molecule has 1 amide bonds. The first kappa shape index (κ1) is 14.0. The fourth-order valence-electron chi connectivity index (χ4n) is 1.61. The molecule has 5 nitrogen and oxygen atoms in total. The Morgan fingerprint density at radius 3 is 3.00 bits per heavy atom. The van der Waals surface area contributed by atoms with Crippen LogP contribution in [0.25, 0.3) is 0 Å². The summed E-state index contributed by atoms with van der Waals surface area (Å²) in [7, 11) is 1.77. The Hall–Kier alpha value is -1.44. The number of carbonyl (C=O) groups excluding carboxylic acids is 1. The summed E-state index contributed by atoms with van der Waals surface area (Å²) in [5.41, 5.74) is 2.98. The smallest absolute Gasteiger partial charge is 0.254 e.